The maximum absolute atomic E-state index is 12.9. The van der Waals surface area contributed by atoms with E-state index in [1.54, 1.807) is 7.11 Å². The Bertz CT molecular complexity index is 523. The van der Waals surface area contributed by atoms with Crippen LogP contribution in [-0.2, 0) is 9.53 Å². The van der Waals surface area contributed by atoms with E-state index in [0.717, 1.165) is 45.3 Å². The van der Waals surface area contributed by atoms with E-state index in [2.05, 4.69) is 17.3 Å². The minimum Gasteiger partial charge on any atom is -0.383 e. The predicted octanol–water partition coefficient (Wildman–Crippen LogP) is 1.67. The van der Waals surface area contributed by atoms with Crippen LogP contribution in [0.1, 0.15) is 51.4 Å². The highest BCUT2D eigenvalue weighted by atomic mass is 16.5. The molecule has 154 valence electrons. The summed E-state index contributed by atoms with van der Waals surface area (Å²) in [5.74, 6) is 0.209. The number of hydrogen-bond acceptors (Lipinski definition) is 4. The number of nitrogens with one attached hydrogen (secondary N) is 1. The first-order valence-corrected chi connectivity index (χ1v) is 10.6. The van der Waals surface area contributed by atoms with Gasteiger partial charge >= 0.3 is 6.03 Å². The molecule has 1 unspecified atom stereocenters. The fraction of sp³-hybridized carbons (Fsp3) is 0.900. The predicted molar refractivity (Wildman–Crippen MR) is 105 cm³/mol. The Morgan fingerprint density at radius 3 is 2.70 bits per heavy atom. The van der Waals surface area contributed by atoms with Gasteiger partial charge in [0.25, 0.3) is 0 Å². The van der Waals surface area contributed by atoms with Crippen LogP contribution in [0.3, 0.4) is 0 Å². The number of methoxy groups -OCH3 is 1. The monoisotopic (exact) mass is 380 g/mol. The molecule has 2 heterocycles. The molecule has 1 spiro atoms. The van der Waals surface area contributed by atoms with E-state index in [0.29, 0.717) is 32.2 Å². The summed E-state index contributed by atoms with van der Waals surface area (Å²) in [6.45, 7) is 4.31. The molecule has 0 radical (unpaired) electrons. The molecule has 1 N–H and O–H groups in total. The zero-order valence-corrected chi connectivity index (χ0v) is 17.0. The van der Waals surface area contributed by atoms with E-state index < -0.39 is 0 Å². The Labute approximate surface area is 163 Å². The second-order valence-corrected chi connectivity index (χ2v) is 8.48. The fourth-order valence-corrected chi connectivity index (χ4v) is 4.82. The minimum atomic E-state index is -0.0976. The molecule has 0 aromatic heterocycles. The highest BCUT2D eigenvalue weighted by molar-refractivity contribution is 5.77. The van der Waals surface area contributed by atoms with Gasteiger partial charge in [0.2, 0.25) is 5.91 Å². The normalized spacial score (nSPS) is 28.4. The molecule has 0 bridgehead atoms. The first-order chi connectivity index (χ1) is 13.0. The smallest absolute Gasteiger partial charge is 0.317 e. The lowest BCUT2D eigenvalue weighted by Gasteiger charge is -2.49. The lowest BCUT2D eigenvalue weighted by atomic mass is 9.86. The van der Waals surface area contributed by atoms with Crippen LogP contribution in [0, 0.1) is 0 Å². The number of carbonyl (C=O) groups is 2. The Balaban J connectivity index is 1.61. The summed E-state index contributed by atoms with van der Waals surface area (Å²) in [4.78, 5) is 31.6. The van der Waals surface area contributed by atoms with Crippen molar-refractivity contribution in [2.24, 2.45) is 0 Å². The Morgan fingerprint density at radius 1 is 1.19 bits per heavy atom. The molecule has 27 heavy (non-hydrogen) atoms. The van der Waals surface area contributed by atoms with E-state index in [9.17, 15) is 9.59 Å². The summed E-state index contributed by atoms with van der Waals surface area (Å²) in [5.41, 5.74) is -0.0976. The van der Waals surface area contributed by atoms with Crippen LogP contribution in [0.25, 0.3) is 0 Å². The number of likely N-dealkylation sites (tertiary alicyclic amines) is 1. The molecule has 1 aliphatic carbocycles. The number of piperazine rings is 1. The van der Waals surface area contributed by atoms with Crippen molar-refractivity contribution in [3.8, 4) is 0 Å². The van der Waals surface area contributed by atoms with E-state index in [4.69, 9.17) is 4.74 Å². The average molecular weight is 381 g/mol. The maximum atomic E-state index is 12.9. The molecule has 1 saturated carbocycles. The van der Waals surface area contributed by atoms with Gasteiger partial charge in [-0.1, -0.05) is 19.3 Å². The van der Waals surface area contributed by atoms with Crippen LogP contribution < -0.4 is 5.32 Å². The molecule has 3 aliphatic rings. The number of hydrogen-bond donors (Lipinski definition) is 1. The van der Waals surface area contributed by atoms with Gasteiger partial charge in [0, 0.05) is 57.8 Å². The summed E-state index contributed by atoms with van der Waals surface area (Å²) in [5, 5.41) is 3.26. The van der Waals surface area contributed by atoms with E-state index >= 15 is 0 Å². The van der Waals surface area contributed by atoms with Crippen molar-refractivity contribution >= 4 is 11.9 Å². The minimum absolute atomic E-state index is 0.0844. The van der Waals surface area contributed by atoms with Crippen molar-refractivity contribution in [3.05, 3.63) is 0 Å². The van der Waals surface area contributed by atoms with Crippen LogP contribution in [0.15, 0.2) is 0 Å². The quantitative estimate of drug-likeness (QED) is 0.806. The Hall–Kier alpha value is -1.34. The highest BCUT2D eigenvalue weighted by Crippen LogP contribution is 2.32. The zero-order valence-electron chi connectivity index (χ0n) is 17.0. The van der Waals surface area contributed by atoms with Crippen molar-refractivity contribution in [3.63, 3.8) is 0 Å². The number of nitrogens with zero attached hydrogens (tertiary/aromatic N) is 3. The summed E-state index contributed by atoms with van der Waals surface area (Å²) in [6, 6.07) is 0.420. The molecule has 0 aromatic rings. The molecule has 7 heteroatoms. The molecule has 2 saturated heterocycles. The number of urea groups is 1. The molecular weight excluding hydrogens is 344 g/mol. The summed E-state index contributed by atoms with van der Waals surface area (Å²) in [7, 11) is 3.81. The van der Waals surface area contributed by atoms with Gasteiger partial charge in [0.15, 0.2) is 0 Å². The molecular formula is C20H36N4O3. The molecule has 2 aliphatic heterocycles. The van der Waals surface area contributed by atoms with Gasteiger partial charge < -0.3 is 19.9 Å². The maximum Gasteiger partial charge on any atom is 0.317 e. The summed E-state index contributed by atoms with van der Waals surface area (Å²) in [6.07, 6.45) is 8.21. The standard InChI is InChI=1S/C20H36N4O3/c1-22-12-13-24(19(26)21-17-6-4-3-5-7-17)16-20(22)9-8-18(25)23(11-10-20)14-15-27-2/h17H,3-16H2,1-2H3,(H,21,26). The van der Waals surface area contributed by atoms with Crippen LogP contribution in [0.2, 0.25) is 0 Å². The summed E-state index contributed by atoms with van der Waals surface area (Å²) >= 11 is 0. The average Bonchev–Trinajstić information content (AvgIpc) is 2.83. The topological polar surface area (TPSA) is 65.1 Å². The van der Waals surface area contributed by atoms with Gasteiger partial charge in [-0.2, -0.15) is 0 Å². The number of rotatable bonds is 4. The third kappa shape index (κ3) is 4.93. The first kappa shape index (κ1) is 20.4. The third-order valence-corrected chi connectivity index (χ3v) is 6.79. The molecule has 3 rings (SSSR count). The fourth-order valence-electron chi connectivity index (χ4n) is 4.82. The van der Waals surface area contributed by atoms with Gasteiger partial charge in [-0.05, 0) is 32.7 Å². The highest BCUT2D eigenvalue weighted by Gasteiger charge is 2.43. The second-order valence-electron chi connectivity index (χ2n) is 8.48. The number of likely N-dealkylation sites (N-methyl/N-ethyl adjacent to an activating group) is 1. The number of ether oxygens (including phenoxy) is 1. The van der Waals surface area contributed by atoms with Crippen molar-refractivity contribution < 1.29 is 14.3 Å². The molecule has 0 aromatic carbocycles. The zero-order chi connectivity index (χ0) is 19.3. The van der Waals surface area contributed by atoms with Crippen LogP contribution >= 0.6 is 0 Å². The van der Waals surface area contributed by atoms with E-state index in [1.807, 2.05) is 9.80 Å². The second kappa shape index (κ2) is 9.24. The molecule has 3 fully saturated rings. The van der Waals surface area contributed by atoms with Gasteiger partial charge in [0.1, 0.15) is 0 Å². The van der Waals surface area contributed by atoms with Crippen molar-refractivity contribution in [2.75, 3.05) is 53.5 Å². The Morgan fingerprint density at radius 2 is 1.96 bits per heavy atom. The van der Waals surface area contributed by atoms with Crippen molar-refractivity contribution in [1.29, 1.82) is 0 Å². The third-order valence-electron chi connectivity index (χ3n) is 6.79. The van der Waals surface area contributed by atoms with Gasteiger partial charge in [-0.25, -0.2) is 4.79 Å². The van der Waals surface area contributed by atoms with Crippen LogP contribution in [0.5, 0.6) is 0 Å². The SMILES string of the molecule is COCCN1CCC2(CCC1=O)CN(C(=O)NC1CCCCC1)CCN2C. The van der Waals surface area contributed by atoms with Gasteiger partial charge in [-0.15, -0.1) is 0 Å². The number of amides is 3. The Kier molecular flexibility index (Phi) is 6.98. The molecule has 7 nitrogen and oxygen atoms in total. The summed E-state index contributed by atoms with van der Waals surface area (Å²) < 4.78 is 5.15. The largest absolute Gasteiger partial charge is 0.383 e. The van der Waals surface area contributed by atoms with Gasteiger partial charge in [0.05, 0.1) is 6.61 Å². The lowest BCUT2D eigenvalue weighted by molar-refractivity contribution is -0.131. The molecule has 3 amide bonds. The van der Waals surface area contributed by atoms with E-state index in [-0.39, 0.29) is 17.5 Å². The van der Waals surface area contributed by atoms with Gasteiger partial charge in [-0.3, -0.25) is 9.69 Å². The molecule has 1 atom stereocenters. The van der Waals surface area contributed by atoms with Crippen molar-refractivity contribution in [2.45, 2.75) is 62.9 Å². The van der Waals surface area contributed by atoms with Crippen LogP contribution in [-0.4, -0.2) is 91.7 Å². The lowest BCUT2D eigenvalue weighted by Crippen LogP contribution is -2.63. The van der Waals surface area contributed by atoms with Crippen LogP contribution in [0.4, 0.5) is 4.79 Å². The van der Waals surface area contributed by atoms with Crippen molar-refractivity contribution in [1.82, 2.24) is 20.0 Å². The first-order valence-electron chi connectivity index (χ1n) is 10.6. The van der Waals surface area contributed by atoms with E-state index in [1.165, 1.54) is 19.3 Å². The number of carbonyl (C=O) groups excluding carboxylic acids is 2.